The monoisotopic (exact) mass is 387 g/mol. The first-order chi connectivity index (χ1) is 12.8. The van der Waals surface area contributed by atoms with E-state index < -0.39 is 10.0 Å². The molecule has 0 aliphatic carbocycles. The molecule has 0 radical (unpaired) electrons. The molecule has 0 N–H and O–H groups in total. The molecule has 1 unspecified atom stereocenters. The van der Waals surface area contributed by atoms with E-state index in [-0.39, 0.29) is 18.2 Å². The van der Waals surface area contributed by atoms with Gasteiger partial charge in [0.15, 0.2) is 5.78 Å². The number of methoxy groups -OCH3 is 1. The molecule has 144 valence electrons. The van der Waals surface area contributed by atoms with Crippen LogP contribution in [-0.2, 0) is 10.0 Å². The number of carbonyl (C=O) groups is 1. The van der Waals surface area contributed by atoms with Crippen molar-refractivity contribution in [3.05, 3.63) is 59.2 Å². The van der Waals surface area contributed by atoms with Crippen LogP contribution in [0.3, 0.4) is 0 Å². The number of nitrogens with zero attached hydrogens (tertiary/aromatic N) is 1. The summed E-state index contributed by atoms with van der Waals surface area (Å²) in [6, 6.07) is 12.3. The molecular formula is C21H25NO4S. The van der Waals surface area contributed by atoms with Crippen LogP contribution < -0.4 is 4.74 Å². The maximum atomic E-state index is 13.1. The second-order valence-corrected chi connectivity index (χ2v) is 8.97. The summed E-state index contributed by atoms with van der Waals surface area (Å²) in [5.41, 5.74) is 2.35. The van der Waals surface area contributed by atoms with Gasteiger partial charge in [-0.2, -0.15) is 4.31 Å². The number of piperidine rings is 1. The standard InChI is InChI=1S/C21H25NO4S/c1-15-6-11-20(16(2)13-15)27(24,25)22-12-4-5-18(14-22)21(23)17-7-9-19(26-3)10-8-17/h6-11,13,18H,4-5,12,14H2,1-3H3. The third kappa shape index (κ3) is 4.06. The lowest BCUT2D eigenvalue weighted by Gasteiger charge is -2.31. The largest absolute Gasteiger partial charge is 0.497 e. The van der Waals surface area contributed by atoms with Gasteiger partial charge in [-0.25, -0.2) is 8.42 Å². The average Bonchev–Trinajstić information content (AvgIpc) is 2.67. The van der Waals surface area contributed by atoms with Crippen molar-refractivity contribution in [2.45, 2.75) is 31.6 Å². The molecule has 1 fully saturated rings. The van der Waals surface area contributed by atoms with Crippen LogP contribution in [0.2, 0.25) is 0 Å². The van der Waals surface area contributed by atoms with Crippen molar-refractivity contribution in [1.29, 1.82) is 0 Å². The van der Waals surface area contributed by atoms with Crippen LogP contribution in [0, 0.1) is 19.8 Å². The first kappa shape index (κ1) is 19.6. The number of ketones is 1. The van der Waals surface area contributed by atoms with Crippen LogP contribution in [0.25, 0.3) is 0 Å². The van der Waals surface area contributed by atoms with Gasteiger partial charge in [-0.15, -0.1) is 0 Å². The number of rotatable bonds is 5. The van der Waals surface area contributed by atoms with E-state index in [2.05, 4.69) is 0 Å². The van der Waals surface area contributed by atoms with Gasteiger partial charge in [0, 0.05) is 24.6 Å². The zero-order valence-electron chi connectivity index (χ0n) is 15.9. The fourth-order valence-electron chi connectivity index (χ4n) is 3.59. The zero-order valence-corrected chi connectivity index (χ0v) is 16.8. The third-order valence-corrected chi connectivity index (χ3v) is 7.10. The lowest BCUT2D eigenvalue weighted by atomic mass is 9.91. The molecule has 5 nitrogen and oxygen atoms in total. The number of hydrogen-bond donors (Lipinski definition) is 0. The van der Waals surface area contributed by atoms with E-state index in [4.69, 9.17) is 4.74 Å². The Hall–Kier alpha value is -2.18. The van der Waals surface area contributed by atoms with Crippen LogP contribution in [0.5, 0.6) is 5.75 Å². The number of aryl methyl sites for hydroxylation is 2. The summed E-state index contributed by atoms with van der Waals surface area (Å²) in [4.78, 5) is 13.2. The minimum atomic E-state index is -3.61. The molecule has 0 amide bonds. The fraction of sp³-hybridized carbons (Fsp3) is 0.381. The van der Waals surface area contributed by atoms with Crippen LogP contribution in [0.1, 0.15) is 34.3 Å². The minimum Gasteiger partial charge on any atom is -0.497 e. The molecule has 2 aromatic rings. The molecule has 1 aliphatic heterocycles. The van der Waals surface area contributed by atoms with Gasteiger partial charge in [0.25, 0.3) is 0 Å². The van der Waals surface area contributed by atoms with Crippen molar-refractivity contribution in [2.24, 2.45) is 5.92 Å². The topological polar surface area (TPSA) is 63.7 Å². The van der Waals surface area contributed by atoms with Crippen molar-refractivity contribution in [3.8, 4) is 5.75 Å². The van der Waals surface area contributed by atoms with Crippen LogP contribution in [0.4, 0.5) is 0 Å². The number of hydrogen-bond acceptors (Lipinski definition) is 4. The van der Waals surface area contributed by atoms with E-state index in [1.165, 1.54) is 4.31 Å². The summed E-state index contributed by atoms with van der Waals surface area (Å²) >= 11 is 0. The van der Waals surface area contributed by atoms with Gasteiger partial charge in [-0.1, -0.05) is 17.7 Å². The van der Waals surface area contributed by atoms with Gasteiger partial charge < -0.3 is 4.74 Å². The molecule has 27 heavy (non-hydrogen) atoms. The zero-order chi connectivity index (χ0) is 19.6. The van der Waals surface area contributed by atoms with Crippen LogP contribution in [0.15, 0.2) is 47.4 Å². The highest BCUT2D eigenvalue weighted by atomic mass is 32.2. The first-order valence-corrected chi connectivity index (χ1v) is 10.5. The molecule has 1 saturated heterocycles. The van der Waals surface area contributed by atoms with Crippen molar-refractivity contribution >= 4 is 15.8 Å². The lowest BCUT2D eigenvalue weighted by molar-refractivity contribution is 0.0872. The van der Waals surface area contributed by atoms with E-state index in [1.807, 2.05) is 26.0 Å². The quantitative estimate of drug-likeness (QED) is 0.736. The highest BCUT2D eigenvalue weighted by Gasteiger charge is 2.34. The minimum absolute atomic E-state index is 0.0156. The normalized spacial score (nSPS) is 18.3. The molecule has 0 spiro atoms. The molecule has 0 bridgehead atoms. The number of Topliss-reactive ketones (excluding diaryl/α,β-unsaturated/α-hetero) is 1. The summed E-state index contributed by atoms with van der Waals surface area (Å²) in [6.45, 7) is 4.42. The van der Waals surface area contributed by atoms with E-state index in [0.717, 1.165) is 11.1 Å². The number of sulfonamides is 1. The predicted molar refractivity (Wildman–Crippen MR) is 105 cm³/mol. The van der Waals surface area contributed by atoms with Crippen molar-refractivity contribution in [1.82, 2.24) is 4.31 Å². The second-order valence-electron chi connectivity index (χ2n) is 7.06. The average molecular weight is 388 g/mol. The maximum Gasteiger partial charge on any atom is 0.243 e. The fourth-order valence-corrected chi connectivity index (χ4v) is 5.32. The molecule has 1 heterocycles. The Bertz CT molecular complexity index is 935. The SMILES string of the molecule is COc1ccc(C(=O)C2CCCN(S(=O)(=O)c3ccc(C)cc3C)C2)cc1. The second kappa shape index (κ2) is 7.82. The molecule has 0 saturated carbocycles. The summed E-state index contributed by atoms with van der Waals surface area (Å²) < 4.78 is 32.8. The Morgan fingerprint density at radius 2 is 1.81 bits per heavy atom. The summed E-state index contributed by atoms with van der Waals surface area (Å²) in [5.74, 6) is 0.347. The van der Waals surface area contributed by atoms with Gasteiger partial charge in [-0.05, 0) is 62.6 Å². The summed E-state index contributed by atoms with van der Waals surface area (Å²) in [5, 5.41) is 0. The Balaban J connectivity index is 1.81. The number of benzene rings is 2. The first-order valence-electron chi connectivity index (χ1n) is 9.08. The Kier molecular flexibility index (Phi) is 5.67. The van der Waals surface area contributed by atoms with Gasteiger partial charge in [0.2, 0.25) is 10.0 Å². The van der Waals surface area contributed by atoms with E-state index in [1.54, 1.807) is 37.4 Å². The van der Waals surface area contributed by atoms with Crippen LogP contribution >= 0.6 is 0 Å². The Morgan fingerprint density at radius 3 is 2.44 bits per heavy atom. The summed E-state index contributed by atoms with van der Waals surface area (Å²) in [7, 11) is -2.03. The van der Waals surface area contributed by atoms with Gasteiger partial charge in [-0.3, -0.25) is 4.79 Å². The maximum absolute atomic E-state index is 13.1. The third-order valence-electron chi connectivity index (χ3n) is 5.08. The Labute approximate surface area is 161 Å². The molecule has 6 heteroatoms. The van der Waals surface area contributed by atoms with Crippen LogP contribution in [-0.4, -0.2) is 38.7 Å². The van der Waals surface area contributed by atoms with Gasteiger partial charge in [0.1, 0.15) is 5.75 Å². The van der Waals surface area contributed by atoms with Crippen molar-refractivity contribution < 1.29 is 17.9 Å². The van der Waals surface area contributed by atoms with E-state index >= 15 is 0 Å². The van der Waals surface area contributed by atoms with Crippen molar-refractivity contribution in [2.75, 3.05) is 20.2 Å². The molecule has 3 rings (SSSR count). The van der Waals surface area contributed by atoms with Crippen molar-refractivity contribution in [3.63, 3.8) is 0 Å². The molecule has 1 aliphatic rings. The van der Waals surface area contributed by atoms with E-state index in [9.17, 15) is 13.2 Å². The van der Waals surface area contributed by atoms with E-state index in [0.29, 0.717) is 35.6 Å². The molecule has 0 aromatic heterocycles. The number of ether oxygens (including phenoxy) is 1. The smallest absolute Gasteiger partial charge is 0.243 e. The highest BCUT2D eigenvalue weighted by Crippen LogP contribution is 2.28. The molecule has 1 atom stereocenters. The van der Waals surface area contributed by atoms with Gasteiger partial charge in [0.05, 0.1) is 12.0 Å². The molecular weight excluding hydrogens is 362 g/mol. The highest BCUT2D eigenvalue weighted by molar-refractivity contribution is 7.89. The predicted octanol–water partition coefficient (Wildman–Crippen LogP) is 3.60. The molecule has 2 aromatic carbocycles. The lowest BCUT2D eigenvalue weighted by Crippen LogP contribution is -2.42. The van der Waals surface area contributed by atoms with Gasteiger partial charge >= 0.3 is 0 Å². The summed E-state index contributed by atoms with van der Waals surface area (Å²) in [6.07, 6.45) is 1.38. The number of carbonyl (C=O) groups excluding carboxylic acids is 1. The Morgan fingerprint density at radius 1 is 1.11 bits per heavy atom.